The number of aryl methyl sites for hydroxylation is 1. The number of allylic oxidation sites excluding steroid dienone is 2. The molecule has 20 heavy (non-hydrogen) atoms. The summed E-state index contributed by atoms with van der Waals surface area (Å²) in [5.74, 6) is -0.0331. The molecular formula is C15H17NO4. The number of esters is 1. The standard InChI is InChI=1S/C15H17NO4/c1-11-9-13(16(18)19)7-8-14(11)15(17)20-10-12-5-3-2-4-6-12/h2-3,7-9,12H,4-6,10H2,1H3. The number of carbonyl (C=O) groups is 1. The van der Waals surface area contributed by atoms with Crippen molar-refractivity contribution in [2.75, 3.05) is 6.61 Å². The minimum absolute atomic E-state index is 0.0172. The highest BCUT2D eigenvalue weighted by Gasteiger charge is 2.17. The van der Waals surface area contributed by atoms with Crippen molar-refractivity contribution in [3.05, 3.63) is 51.6 Å². The van der Waals surface area contributed by atoms with Crippen molar-refractivity contribution in [2.45, 2.75) is 26.2 Å². The van der Waals surface area contributed by atoms with Crippen LogP contribution in [0, 0.1) is 23.0 Å². The molecule has 0 saturated heterocycles. The lowest BCUT2D eigenvalue weighted by molar-refractivity contribution is -0.384. The van der Waals surface area contributed by atoms with E-state index >= 15 is 0 Å². The monoisotopic (exact) mass is 275 g/mol. The van der Waals surface area contributed by atoms with Gasteiger partial charge in [-0.15, -0.1) is 0 Å². The van der Waals surface area contributed by atoms with Gasteiger partial charge in [-0.05, 0) is 43.7 Å². The van der Waals surface area contributed by atoms with Crippen molar-refractivity contribution in [1.29, 1.82) is 0 Å². The average molecular weight is 275 g/mol. The van der Waals surface area contributed by atoms with Crippen LogP contribution < -0.4 is 0 Å². The molecule has 0 aliphatic heterocycles. The normalized spacial score (nSPS) is 17.8. The molecule has 1 aromatic rings. The Hall–Kier alpha value is -2.17. The van der Waals surface area contributed by atoms with E-state index < -0.39 is 10.9 Å². The van der Waals surface area contributed by atoms with Gasteiger partial charge in [0.2, 0.25) is 0 Å². The first-order chi connectivity index (χ1) is 9.58. The molecule has 1 atom stereocenters. The SMILES string of the molecule is Cc1cc([N+](=O)[O-])ccc1C(=O)OCC1CC=CCC1. The molecule has 0 aromatic heterocycles. The summed E-state index contributed by atoms with van der Waals surface area (Å²) in [4.78, 5) is 22.2. The molecule has 1 aliphatic carbocycles. The van der Waals surface area contributed by atoms with Gasteiger partial charge in [0.1, 0.15) is 0 Å². The number of carbonyl (C=O) groups excluding carboxylic acids is 1. The largest absolute Gasteiger partial charge is 0.462 e. The van der Waals surface area contributed by atoms with E-state index in [0.29, 0.717) is 23.7 Å². The summed E-state index contributed by atoms with van der Waals surface area (Å²) in [5, 5.41) is 10.6. The van der Waals surface area contributed by atoms with Crippen LogP contribution in [0.1, 0.15) is 35.2 Å². The molecular weight excluding hydrogens is 258 g/mol. The second-order valence-electron chi connectivity index (χ2n) is 5.01. The first-order valence-corrected chi connectivity index (χ1v) is 6.65. The molecule has 0 spiro atoms. The summed E-state index contributed by atoms with van der Waals surface area (Å²) in [6.45, 7) is 2.08. The maximum Gasteiger partial charge on any atom is 0.338 e. The van der Waals surface area contributed by atoms with Gasteiger partial charge in [-0.1, -0.05) is 12.2 Å². The number of nitrogens with zero attached hydrogens (tertiary/aromatic N) is 1. The molecule has 0 fully saturated rings. The molecule has 0 saturated carbocycles. The van der Waals surface area contributed by atoms with Crippen LogP contribution in [0.5, 0.6) is 0 Å². The Kier molecular flexibility index (Phi) is 4.50. The van der Waals surface area contributed by atoms with Crippen LogP contribution in [0.3, 0.4) is 0 Å². The molecule has 0 amide bonds. The van der Waals surface area contributed by atoms with Crippen LogP contribution in [0.4, 0.5) is 5.69 Å². The Bertz CT molecular complexity index is 551. The van der Waals surface area contributed by atoms with Gasteiger partial charge in [-0.2, -0.15) is 0 Å². The smallest absolute Gasteiger partial charge is 0.338 e. The molecule has 106 valence electrons. The van der Waals surface area contributed by atoms with Crippen LogP contribution in [-0.2, 0) is 4.74 Å². The van der Waals surface area contributed by atoms with Gasteiger partial charge in [0.15, 0.2) is 0 Å². The maximum atomic E-state index is 12.0. The average Bonchev–Trinajstić information content (AvgIpc) is 2.45. The number of hydrogen-bond acceptors (Lipinski definition) is 4. The van der Waals surface area contributed by atoms with Gasteiger partial charge in [0.25, 0.3) is 5.69 Å². The zero-order chi connectivity index (χ0) is 14.5. The molecule has 0 bridgehead atoms. The third kappa shape index (κ3) is 3.44. The van der Waals surface area contributed by atoms with E-state index in [2.05, 4.69) is 12.2 Å². The van der Waals surface area contributed by atoms with E-state index in [-0.39, 0.29) is 5.69 Å². The van der Waals surface area contributed by atoms with E-state index in [1.165, 1.54) is 18.2 Å². The van der Waals surface area contributed by atoms with Gasteiger partial charge >= 0.3 is 5.97 Å². The Balaban J connectivity index is 1.98. The molecule has 0 radical (unpaired) electrons. The molecule has 2 rings (SSSR count). The number of rotatable bonds is 4. The predicted molar refractivity (Wildman–Crippen MR) is 74.6 cm³/mol. The minimum Gasteiger partial charge on any atom is -0.462 e. The number of benzene rings is 1. The van der Waals surface area contributed by atoms with Crippen molar-refractivity contribution in [3.63, 3.8) is 0 Å². The van der Waals surface area contributed by atoms with Gasteiger partial charge in [0.05, 0.1) is 17.1 Å². The number of non-ortho nitro benzene ring substituents is 1. The molecule has 0 N–H and O–H groups in total. The topological polar surface area (TPSA) is 69.4 Å². The van der Waals surface area contributed by atoms with Crippen LogP contribution in [-0.4, -0.2) is 17.5 Å². The highest BCUT2D eigenvalue weighted by Crippen LogP contribution is 2.21. The van der Waals surface area contributed by atoms with Crippen LogP contribution in [0.15, 0.2) is 30.4 Å². The summed E-state index contributed by atoms with van der Waals surface area (Å²) >= 11 is 0. The molecule has 0 heterocycles. The molecule has 1 aliphatic rings. The lowest BCUT2D eigenvalue weighted by Gasteiger charge is -2.17. The highest BCUT2D eigenvalue weighted by molar-refractivity contribution is 5.91. The van der Waals surface area contributed by atoms with Crippen LogP contribution in [0.25, 0.3) is 0 Å². The number of hydrogen-bond donors (Lipinski definition) is 0. The van der Waals surface area contributed by atoms with Gasteiger partial charge < -0.3 is 4.74 Å². The second kappa shape index (κ2) is 6.32. The Labute approximate surface area is 117 Å². The van der Waals surface area contributed by atoms with Gasteiger partial charge in [0, 0.05) is 12.1 Å². The maximum absolute atomic E-state index is 12.0. The first-order valence-electron chi connectivity index (χ1n) is 6.65. The number of ether oxygens (including phenoxy) is 1. The molecule has 1 aromatic carbocycles. The van der Waals surface area contributed by atoms with Crippen molar-refractivity contribution in [2.24, 2.45) is 5.92 Å². The lowest BCUT2D eigenvalue weighted by atomic mass is 9.95. The summed E-state index contributed by atoms with van der Waals surface area (Å²) in [6, 6.07) is 4.17. The zero-order valence-corrected chi connectivity index (χ0v) is 11.4. The fourth-order valence-electron chi connectivity index (χ4n) is 2.27. The van der Waals surface area contributed by atoms with E-state index in [9.17, 15) is 14.9 Å². The molecule has 5 heteroatoms. The Morgan fingerprint density at radius 2 is 2.25 bits per heavy atom. The lowest BCUT2D eigenvalue weighted by Crippen LogP contribution is -2.16. The first kappa shape index (κ1) is 14.2. The van der Waals surface area contributed by atoms with Crippen molar-refractivity contribution in [1.82, 2.24) is 0 Å². The summed E-state index contributed by atoms with van der Waals surface area (Å²) in [7, 11) is 0. The van der Waals surface area contributed by atoms with Crippen molar-refractivity contribution in [3.8, 4) is 0 Å². The summed E-state index contributed by atoms with van der Waals surface area (Å²) in [5.41, 5.74) is 0.936. The third-order valence-electron chi connectivity index (χ3n) is 3.47. The highest BCUT2D eigenvalue weighted by atomic mass is 16.6. The quantitative estimate of drug-likeness (QED) is 0.365. The Morgan fingerprint density at radius 1 is 1.45 bits per heavy atom. The Morgan fingerprint density at radius 3 is 2.85 bits per heavy atom. The van der Waals surface area contributed by atoms with E-state index in [0.717, 1.165) is 19.3 Å². The fraction of sp³-hybridized carbons (Fsp3) is 0.400. The summed E-state index contributed by atoms with van der Waals surface area (Å²) < 4.78 is 5.31. The van der Waals surface area contributed by atoms with Crippen LogP contribution in [0.2, 0.25) is 0 Å². The van der Waals surface area contributed by atoms with E-state index in [1.54, 1.807) is 6.92 Å². The minimum atomic E-state index is -0.476. The van der Waals surface area contributed by atoms with Gasteiger partial charge in [-0.25, -0.2) is 4.79 Å². The second-order valence-corrected chi connectivity index (χ2v) is 5.01. The molecule has 1 unspecified atom stereocenters. The third-order valence-corrected chi connectivity index (χ3v) is 3.47. The summed E-state index contributed by atoms with van der Waals surface area (Å²) in [6.07, 6.45) is 7.24. The fourth-order valence-corrected chi connectivity index (χ4v) is 2.27. The number of nitro groups is 1. The zero-order valence-electron chi connectivity index (χ0n) is 11.4. The predicted octanol–water partition coefficient (Wildman–Crippen LogP) is 3.42. The number of nitro benzene ring substituents is 1. The van der Waals surface area contributed by atoms with Crippen LogP contribution >= 0.6 is 0 Å². The molecule has 5 nitrogen and oxygen atoms in total. The van der Waals surface area contributed by atoms with E-state index in [4.69, 9.17) is 4.74 Å². The van der Waals surface area contributed by atoms with Crippen molar-refractivity contribution >= 4 is 11.7 Å². The van der Waals surface area contributed by atoms with Crippen molar-refractivity contribution < 1.29 is 14.5 Å². The van der Waals surface area contributed by atoms with E-state index in [1.807, 2.05) is 0 Å². The van der Waals surface area contributed by atoms with Gasteiger partial charge in [-0.3, -0.25) is 10.1 Å².